The average molecular weight is 421 g/mol. The minimum Gasteiger partial charge on any atom is -0.383 e. The van der Waals surface area contributed by atoms with Crippen molar-refractivity contribution in [2.24, 2.45) is 5.92 Å². The second-order valence-electron chi connectivity index (χ2n) is 8.25. The Labute approximate surface area is 181 Å². The van der Waals surface area contributed by atoms with Crippen LogP contribution in [-0.4, -0.2) is 49.2 Å². The van der Waals surface area contributed by atoms with Crippen molar-refractivity contribution in [2.75, 3.05) is 18.8 Å². The third kappa shape index (κ3) is 3.97. The molecule has 8 heteroatoms. The molecule has 1 fully saturated rings. The first kappa shape index (κ1) is 20.8. The number of carbonyl (C=O) groups excluding carboxylic acids is 2. The number of ketones is 1. The molecule has 1 aliphatic heterocycles. The monoisotopic (exact) mass is 420 g/mol. The number of hydrogen-bond donors (Lipinski definition) is 1. The van der Waals surface area contributed by atoms with E-state index < -0.39 is 0 Å². The molecule has 1 amide bonds. The standard InChI is InChI=1S/C23H28N6O2/c1-15-4-6-19(7-5-15)29-22(24)20(14-26-29)21(30)18-9-12-27(13-10-18)23(31)17(3)28-16(2)8-11-25-28/h4-8,11,14,17-18H,9-10,12-13,24H2,1-3H3/t17-/m1/s1. The van der Waals surface area contributed by atoms with Gasteiger partial charge >= 0.3 is 0 Å². The molecule has 1 atom stereocenters. The van der Waals surface area contributed by atoms with E-state index in [4.69, 9.17) is 5.73 Å². The number of anilines is 1. The maximum absolute atomic E-state index is 13.1. The summed E-state index contributed by atoms with van der Waals surface area (Å²) in [6.45, 7) is 6.90. The number of aryl methyl sites for hydroxylation is 2. The van der Waals surface area contributed by atoms with E-state index in [0.29, 0.717) is 37.3 Å². The van der Waals surface area contributed by atoms with Gasteiger partial charge in [-0.15, -0.1) is 0 Å². The van der Waals surface area contributed by atoms with Gasteiger partial charge in [0.15, 0.2) is 5.78 Å². The minimum atomic E-state index is -0.356. The highest BCUT2D eigenvalue weighted by Crippen LogP contribution is 2.27. The minimum absolute atomic E-state index is 0.000991. The molecule has 4 rings (SSSR count). The van der Waals surface area contributed by atoms with E-state index in [1.165, 1.54) is 0 Å². The van der Waals surface area contributed by atoms with Gasteiger partial charge in [-0.2, -0.15) is 10.2 Å². The van der Waals surface area contributed by atoms with Crippen LogP contribution in [0, 0.1) is 19.8 Å². The highest BCUT2D eigenvalue weighted by Gasteiger charge is 2.32. The van der Waals surface area contributed by atoms with Crippen molar-refractivity contribution in [3.63, 3.8) is 0 Å². The van der Waals surface area contributed by atoms with E-state index in [0.717, 1.165) is 16.9 Å². The average Bonchev–Trinajstić information content (AvgIpc) is 3.38. The van der Waals surface area contributed by atoms with Gasteiger partial charge in [0, 0.05) is 30.9 Å². The van der Waals surface area contributed by atoms with E-state index in [2.05, 4.69) is 10.2 Å². The van der Waals surface area contributed by atoms with Crippen LogP contribution in [0.3, 0.4) is 0 Å². The van der Waals surface area contributed by atoms with Crippen LogP contribution in [0.5, 0.6) is 0 Å². The van der Waals surface area contributed by atoms with Gasteiger partial charge in [-0.25, -0.2) is 4.68 Å². The Bertz CT molecular complexity index is 1090. The van der Waals surface area contributed by atoms with Crippen molar-refractivity contribution in [2.45, 2.75) is 39.7 Å². The third-order valence-corrected chi connectivity index (χ3v) is 6.12. The number of benzene rings is 1. The molecule has 31 heavy (non-hydrogen) atoms. The molecule has 1 aromatic carbocycles. The van der Waals surface area contributed by atoms with Gasteiger partial charge in [0.2, 0.25) is 5.91 Å². The normalized spacial score (nSPS) is 15.8. The molecule has 0 aliphatic carbocycles. The zero-order valence-corrected chi connectivity index (χ0v) is 18.2. The highest BCUT2D eigenvalue weighted by atomic mass is 16.2. The predicted octanol–water partition coefficient (Wildman–Crippen LogP) is 2.95. The van der Waals surface area contributed by atoms with E-state index in [1.807, 2.05) is 56.0 Å². The van der Waals surface area contributed by atoms with Crippen LogP contribution < -0.4 is 5.73 Å². The molecule has 3 aromatic rings. The number of likely N-dealkylation sites (tertiary alicyclic amines) is 1. The van der Waals surface area contributed by atoms with Crippen LogP contribution in [0.1, 0.15) is 47.4 Å². The molecule has 0 unspecified atom stereocenters. The smallest absolute Gasteiger partial charge is 0.247 e. The number of rotatable bonds is 5. The Morgan fingerprint density at radius 3 is 2.35 bits per heavy atom. The molecule has 3 heterocycles. The van der Waals surface area contributed by atoms with Crippen molar-refractivity contribution in [3.8, 4) is 5.69 Å². The molecule has 1 aliphatic rings. The number of nitrogens with zero attached hydrogens (tertiary/aromatic N) is 5. The van der Waals surface area contributed by atoms with Crippen LogP contribution >= 0.6 is 0 Å². The van der Waals surface area contributed by atoms with E-state index >= 15 is 0 Å². The maximum atomic E-state index is 13.1. The van der Waals surface area contributed by atoms with Gasteiger partial charge in [0.25, 0.3) is 0 Å². The second-order valence-corrected chi connectivity index (χ2v) is 8.25. The van der Waals surface area contributed by atoms with Gasteiger partial charge in [0.1, 0.15) is 11.9 Å². The molecule has 0 radical (unpaired) electrons. The van der Waals surface area contributed by atoms with Crippen molar-refractivity contribution >= 4 is 17.5 Å². The quantitative estimate of drug-likeness (QED) is 0.640. The Balaban J connectivity index is 1.41. The topological polar surface area (TPSA) is 99.0 Å². The molecular formula is C23H28N6O2. The zero-order valence-electron chi connectivity index (χ0n) is 18.2. The fourth-order valence-corrected chi connectivity index (χ4v) is 4.18. The molecule has 8 nitrogen and oxygen atoms in total. The molecule has 2 aromatic heterocycles. The number of nitrogen functional groups attached to an aromatic ring is 1. The lowest BCUT2D eigenvalue weighted by atomic mass is 9.89. The van der Waals surface area contributed by atoms with Crippen LogP contribution in [0.15, 0.2) is 42.7 Å². The Kier molecular flexibility index (Phi) is 5.63. The summed E-state index contributed by atoms with van der Waals surface area (Å²) in [5, 5.41) is 8.58. The molecule has 2 N–H and O–H groups in total. The summed E-state index contributed by atoms with van der Waals surface area (Å²) >= 11 is 0. The van der Waals surface area contributed by atoms with Crippen LogP contribution in [0.25, 0.3) is 5.69 Å². The summed E-state index contributed by atoms with van der Waals surface area (Å²) in [4.78, 5) is 27.8. The first-order valence-corrected chi connectivity index (χ1v) is 10.6. The lowest BCUT2D eigenvalue weighted by Gasteiger charge is -2.33. The number of piperidine rings is 1. The Hall–Kier alpha value is -3.42. The molecule has 0 saturated carbocycles. The largest absolute Gasteiger partial charge is 0.383 e. The first-order valence-electron chi connectivity index (χ1n) is 10.6. The van der Waals surface area contributed by atoms with Gasteiger partial charge in [-0.05, 0) is 51.8 Å². The predicted molar refractivity (Wildman–Crippen MR) is 118 cm³/mol. The molecule has 0 bridgehead atoms. The number of hydrogen-bond acceptors (Lipinski definition) is 5. The van der Waals surface area contributed by atoms with Crippen molar-refractivity contribution < 1.29 is 9.59 Å². The summed E-state index contributed by atoms with van der Waals surface area (Å²) in [5.74, 6) is 0.224. The molecule has 1 saturated heterocycles. The molecule has 162 valence electrons. The van der Waals surface area contributed by atoms with E-state index in [-0.39, 0.29) is 23.7 Å². The number of amides is 1. The maximum Gasteiger partial charge on any atom is 0.247 e. The lowest BCUT2D eigenvalue weighted by molar-refractivity contribution is -0.135. The third-order valence-electron chi connectivity index (χ3n) is 6.12. The van der Waals surface area contributed by atoms with Crippen molar-refractivity contribution in [3.05, 3.63) is 59.5 Å². The zero-order chi connectivity index (χ0) is 22.1. The van der Waals surface area contributed by atoms with Crippen molar-refractivity contribution in [1.29, 1.82) is 0 Å². The fraction of sp³-hybridized carbons (Fsp3) is 0.391. The van der Waals surface area contributed by atoms with Crippen LogP contribution in [-0.2, 0) is 4.79 Å². The fourth-order valence-electron chi connectivity index (χ4n) is 4.18. The molecular weight excluding hydrogens is 392 g/mol. The number of nitrogens with two attached hydrogens (primary N) is 1. The highest BCUT2D eigenvalue weighted by molar-refractivity contribution is 6.01. The van der Waals surface area contributed by atoms with Crippen LogP contribution in [0.4, 0.5) is 5.82 Å². The summed E-state index contributed by atoms with van der Waals surface area (Å²) in [7, 11) is 0. The van der Waals surface area contributed by atoms with Gasteiger partial charge < -0.3 is 10.6 Å². The second kappa shape index (κ2) is 8.37. The summed E-state index contributed by atoms with van der Waals surface area (Å²) < 4.78 is 3.33. The SMILES string of the molecule is Cc1ccc(-n2ncc(C(=O)C3CCN(C(=O)[C@@H](C)n4nccc4C)CC3)c2N)cc1. The lowest BCUT2D eigenvalue weighted by Crippen LogP contribution is -2.43. The summed E-state index contributed by atoms with van der Waals surface area (Å²) in [6, 6.07) is 9.35. The number of carbonyl (C=O) groups is 2. The first-order chi connectivity index (χ1) is 14.9. The Morgan fingerprint density at radius 2 is 1.74 bits per heavy atom. The van der Waals surface area contributed by atoms with Gasteiger partial charge in [-0.3, -0.25) is 14.3 Å². The Morgan fingerprint density at radius 1 is 1.06 bits per heavy atom. The summed E-state index contributed by atoms with van der Waals surface area (Å²) in [6.07, 6.45) is 4.48. The van der Waals surface area contributed by atoms with Crippen molar-refractivity contribution in [1.82, 2.24) is 24.5 Å². The van der Waals surface area contributed by atoms with E-state index in [9.17, 15) is 9.59 Å². The van der Waals surface area contributed by atoms with Gasteiger partial charge in [-0.1, -0.05) is 17.7 Å². The number of Topliss-reactive ketones (excluding diaryl/α,β-unsaturated/α-hetero) is 1. The van der Waals surface area contributed by atoms with Crippen LogP contribution in [0.2, 0.25) is 0 Å². The molecule has 0 spiro atoms. The van der Waals surface area contributed by atoms with E-state index in [1.54, 1.807) is 21.8 Å². The number of aromatic nitrogens is 4. The van der Waals surface area contributed by atoms with Gasteiger partial charge in [0.05, 0.1) is 17.4 Å². The summed E-state index contributed by atoms with van der Waals surface area (Å²) in [5.41, 5.74) is 9.64.